The summed E-state index contributed by atoms with van der Waals surface area (Å²) < 4.78 is 92.9. The number of aliphatic hydroxyl groups is 2. The summed E-state index contributed by atoms with van der Waals surface area (Å²) in [5.41, 5.74) is 0. The van der Waals surface area contributed by atoms with E-state index >= 15 is 0 Å². The van der Waals surface area contributed by atoms with Crippen molar-refractivity contribution in [3.63, 3.8) is 0 Å². The maximum absolute atomic E-state index is 11.4. The van der Waals surface area contributed by atoms with Gasteiger partial charge in [-0.3, -0.25) is 4.79 Å². The molecule has 0 aromatic heterocycles. The molecule has 0 radical (unpaired) electrons. The second-order valence-corrected chi connectivity index (χ2v) is 16.7. The standard InChI is InChI=1S/C52H104O20/c1-2-3-4-5-6-7-8-9-10-11-12-13-14-15-17-56-19-21-58-23-25-60-27-29-62-31-33-64-35-37-66-39-41-68-43-45-70-47-48-71-46-44-69-42-40-67-38-36-65-34-32-63-30-28-61-26-24-59-22-20-57-18-16-52(55)72-50-51(54)49-53/h51,53-54H,2-50H2,1H3. The van der Waals surface area contributed by atoms with Crippen LogP contribution in [0.5, 0.6) is 0 Å². The van der Waals surface area contributed by atoms with Crippen molar-refractivity contribution in [3.05, 3.63) is 0 Å². The molecule has 0 spiro atoms. The van der Waals surface area contributed by atoms with Crippen molar-refractivity contribution in [2.24, 2.45) is 0 Å². The minimum atomic E-state index is -1.06. The van der Waals surface area contributed by atoms with E-state index in [-0.39, 0.29) is 19.6 Å². The SMILES string of the molecule is CCCCCCCCCCCCCCCCOCCOCCOCCOCCOCCOCCOCCOCCOCCOCCOCCOCCOCCOCCOCCOCCC(=O)OCC(O)CO. The van der Waals surface area contributed by atoms with Crippen LogP contribution in [0.4, 0.5) is 0 Å². The van der Waals surface area contributed by atoms with E-state index in [9.17, 15) is 4.79 Å². The zero-order valence-electron chi connectivity index (χ0n) is 45.0. The van der Waals surface area contributed by atoms with Crippen LogP contribution in [0.3, 0.4) is 0 Å². The molecule has 432 valence electrons. The number of hydrogen-bond donors (Lipinski definition) is 2. The van der Waals surface area contributed by atoms with Gasteiger partial charge in [-0.1, -0.05) is 90.4 Å². The van der Waals surface area contributed by atoms with Crippen LogP contribution >= 0.6 is 0 Å². The fraction of sp³-hybridized carbons (Fsp3) is 0.981. The van der Waals surface area contributed by atoms with Crippen LogP contribution in [0.15, 0.2) is 0 Å². The third-order valence-corrected chi connectivity index (χ3v) is 10.3. The number of unbranched alkanes of at least 4 members (excludes halogenated alkanes) is 13. The Kier molecular flexibility index (Phi) is 64.7. The molecule has 0 fully saturated rings. The smallest absolute Gasteiger partial charge is 0.308 e. The fourth-order valence-corrected chi connectivity index (χ4v) is 6.27. The van der Waals surface area contributed by atoms with Gasteiger partial charge in [0.1, 0.15) is 12.7 Å². The van der Waals surface area contributed by atoms with Crippen LogP contribution in [-0.2, 0) is 85.3 Å². The third kappa shape index (κ3) is 64.9. The average molecular weight is 1050 g/mol. The Labute approximate surface area is 434 Å². The van der Waals surface area contributed by atoms with Gasteiger partial charge in [-0.15, -0.1) is 0 Å². The minimum Gasteiger partial charge on any atom is -0.463 e. The van der Waals surface area contributed by atoms with Crippen molar-refractivity contribution in [3.8, 4) is 0 Å². The topological polar surface area (TPSA) is 214 Å². The Balaban J connectivity index is 3.09. The highest BCUT2D eigenvalue weighted by molar-refractivity contribution is 5.69. The number of ether oxygens (including phenoxy) is 17. The van der Waals surface area contributed by atoms with Gasteiger partial charge in [-0.05, 0) is 6.42 Å². The predicted octanol–water partition coefficient (Wildman–Crippen LogP) is 5.02. The number of aliphatic hydroxyl groups excluding tert-OH is 2. The molecule has 0 amide bonds. The lowest BCUT2D eigenvalue weighted by Crippen LogP contribution is -2.22. The molecule has 0 rings (SSSR count). The second-order valence-electron chi connectivity index (χ2n) is 16.7. The van der Waals surface area contributed by atoms with Crippen molar-refractivity contribution in [2.45, 2.75) is 109 Å². The first-order chi connectivity index (χ1) is 35.7. The van der Waals surface area contributed by atoms with Crippen LogP contribution in [0.1, 0.15) is 103 Å². The van der Waals surface area contributed by atoms with E-state index in [0.29, 0.717) is 198 Å². The van der Waals surface area contributed by atoms with E-state index in [2.05, 4.69) is 6.92 Å². The van der Waals surface area contributed by atoms with Crippen molar-refractivity contribution >= 4 is 5.97 Å². The van der Waals surface area contributed by atoms with E-state index < -0.39 is 18.7 Å². The van der Waals surface area contributed by atoms with Crippen molar-refractivity contribution in [1.82, 2.24) is 0 Å². The molecule has 0 aliphatic rings. The lowest BCUT2D eigenvalue weighted by Gasteiger charge is -2.09. The molecule has 1 atom stereocenters. The first-order valence-corrected chi connectivity index (χ1v) is 27.4. The lowest BCUT2D eigenvalue weighted by molar-refractivity contribution is -0.148. The van der Waals surface area contributed by atoms with Crippen LogP contribution in [0.2, 0.25) is 0 Å². The summed E-state index contributed by atoms with van der Waals surface area (Å²) in [4.78, 5) is 11.4. The molecular weight excluding hydrogens is 945 g/mol. The predicted molar refractivity (Wildman–Crippen MR) is 272 cm³/mol. The summed E-state index contributed by atoms with van der Waals surface area (Å²) in [5.74, 6) is -0.498. The molecule has 20 nitrogen and oxygen atoms in total. The molecule has 20 heteroatoms. The van der Waals surface area contributed by atoms with Gasteiger partial charge in [-0.25, -0.2) is 0 Å². The monoisotopic (exact) mass is 1050 g/mol. The number of rotatable bonds is 66. The molecule has 0 aliphatic heterocycles. The Hall–Kier alpha value is -1.25. The molecule has 1 unspecified atom stereocenters. The zero-order chi connectivity index (χ0) is 51.8. The van der Waals surface area contributed by atoms with Gasteiger partial charge < -0.3 is 90.7 Å². The van der Waals surface area contributed by atoms with E-state index in [1.54, 1.807) is 0 Å². The molecule has 0 bridgehead atoms. The minimum absolute atomic E-state index is 0.0626. The summed E-state index contributed by atoms with van der Waals surface area (Å²) in [6.07, 6.45) is 18.2. The molecular formula is C52H104O20. The fourth-order valence-electron chi connectivity index (χ4n) is 6.27. The molecule has 0 saturated heterocycles. The molecule has 0 aliphatic carbocycles. The molecule has 0 saturated carbocycles. The Bertz CT molecular complexity index is 992. The Morgan fingerprint density at radius 2 is 0.486 bits per heavy atom. The van der Waals surface area contributed by atoms with Crippen molar-refractivity contribution < 1.29 is 95.5 Å². The summed E-state index contributed by atoms with van der Waals surface area (Å²) in [7, 11) is 0. The molecule has 0 heterocycles. The maximum Gasteiger partial charge on any atom is 0.308 e. The average Bonchev–Trinajstić information content (AvgIpc) is 3.39. The lowest BCUT2D eigenvalue weighted by atomic mass is 10.0. The van der Waals surface area contributed by atoms with Gasteiger partial charge in [0, 0.05) is 6.61 Å². The largest absolute Gasteiger partial charge is 0.463 e. The first kappa shape index (κ1) is 70.8. The highest BCUT2D eigenvalue weighted by Gasteiger charge is 2.08. The van der Waals surface area contributed by atoms with Crippen molar-refractivity contribution in [1.29, 1.82) is 0 Å². The Morgan fingerprint density at radius 1 is 0.292 bits per heavy atom. The Morgan fingerprint density at radius 3 is 0.708 bits per heavy atom. The third-order valence-electron chi connectivity index (χ3n) is 10.3. The van der Waals surface area contributed by atoms with Crippen LogP contribution in [-0.4, -0.2) is 247 Å². The molecule has 0 aromatic carbocycles. The number of hydrogen-bond acceptors (Lipinski definition) is 20. The van der Waals surface area contributed by atoms with Gasteiger partial charge in [0.05, 0.1) is 218 Å². The van der Waals surface area contributed by atoms with Gasteiger partial charge in [0.15, 0.2) is 0 Å². The van der Waals surface area contributed by atoms with Crippen LogP contribution in [0.25, 0.3) is 0 Å². The molecule has 0 aromatic rings. The normalized spacial score (nSPS) is 12.1. The number of esters is 1. The van der Waals surface area contributed by atoms with E-state index in [0.717, 1.165) is 13.0 Å². The molecule has 2 N–H and O–H groups in total. The van der Waals surface area contributed by atoms with Crippen molar-refractivity contribution in [2.75, 3.05) is 225 Å². The summed E-state index contributed by atoms with van der Waals surface area (Å²) >= 11 is 0. The summed E-state index contributed by atoms with van der Waals surface area (Å²) in [6.45, 7) is 17.3. The maximum atomic E-state index is 11.4. The van der Waals surface area contributed by atoms with Gasteiger partial charge in [-0.2, -0.15) is 0 Å². The number of carbonyl (C=O) groups excluding carboxylic acids is 1. The van der Waals surface area contributed by atoms with Gasteiger partial charge >= 0.3 is 5.97 Å². The van der Waals surface area contributed by atoms with Gasteiger partial charge in [0.25, 0.3) is 0 Å². The van der Waals surface area contributed by atoms with E-state index in [1.165, 1.54) is 83.5 Å². The summed E-state index contributed by atoms with van der Waals surface area (Å²) in [6, 6.07) is 0. The highest BCUT2D eigenvalue weighted by atomic mass is 16.6. The van der Waals surface area contributed by atoms with E-state index in [4.69, 9.17) is 90.7 Å². The van der Waals surface area contributed by atoms with Crippen LogP contribution < -0.4 is 0 Å². The zero-order valence-corrected chi connectivity index (χ0v) is 45.0. The second kappa shape index (κ2) is 65.9. The van der Waals surface area contributed by atoms with E-state index in [1.807, 2.05) is 0 Å². The first-order valence-electron chi connectivity index (χ1n) is 27.4. The van der Waals surface area contributed by atoms with Crippen LogP contribution in [0, 0.1) is 0 Å². The summed E-state index contributed by atoms with van der Waals surface area (Å²) in [5, 5.41) is 17.8. The quantitative estimate of drug-likeness (QED) is 0.0604. The highest BCUT2D eigenvalue weighted by Crippen LogP contribution is 2.13. The molecule has 72 heavy (non-hydrogen) atoms. The van der Waals surface area contributed by atoms with Gasteiger partial charge in [0.2, 0.25) is 0 Å². The number of carbonyl (C=O) groups is 1.